The third-order valence-corrected chi connectivity index (χ3v) is 3.92. The summed E-state index contributed by atoms with van der Waals surface area (Å²) in [5, 5.41) is 1.57. The molecule has 0 bridgehead atoms. The zero-order chi connectivity index (χ0) is 13.4. The van der Waals surface area contributed by atoms with Crippen LogP contribution < -0.4 is 5.73 Å². The molecule has 1 aromatic heterocycles. The van der Waals surface area contributed by atoms with Crippen molar-refractivity contribution in [1.82, 2.24) is 0 Å². The van der Waals surface area contributed by atoms with E-state index >= 15 is 0 Å². The third-order valence-electron chi connectivity index (χ3n) is 3.06. The monoisotopic (exact) mass is 335 g/mol. The Morgan fingerprint density at radius 2 is 1.84 bits per heavy atom. The molecule has 0 aliphatic heterocycles. The van der Waals surface area contributed by atoms with E-state index < -0.39 is 0 Å². The van der Waals surface area contributed by atoms with Gasteiger partial charge in [-0.1, -0.05) is 45.7 Å². The number of fused-ring (bicyclic) bond motifs is 1. The van der Waals surface area contributed by atoms with Gasteiger partial charge >= 0.3 is 0 Å². The predicted molar refractivity (Wildman–Crippen MR) is 81.4 cm³/mol. The molecule has 4 heteroatoms. The van der Waals surface area contributed by atoms with E-state index in [2.05, 4.69) is 15.9 Å². The van der Waals surface area contributed by atoms with Crippen molar-refractivity contribution in [3.63, 3.8) is 0 Å². The largest absolute Gasteiger partial charge is 0.459 e. The van der Waals surface area contributed by atoms with Crippen molar-refractivity contribution in [3.05, 3.63) is 69.3 Å². The maximum atomic E-state index is 6.23. The van der Waals surface area contributed by atoms with E-state index in [9.17, 15) is 0 Å². The molecule has 96 valence electrons. The van der Waals surface area contributed by atoms with E-state index in [1.54, 1.807) is 0 Å². The molecule has 0 spiro atoms. The quantitative estimate of drug-likeness (QED) is 0.723. The maximum absolute atomic E-state index is 6.23. The molecule has 0 aliphatic rings. The van der Waals surface area contributed by atoms with Crippen LogP contribution in [-0.2, 0) is 0 Å². The Morgan fingerprint density at radius 1 is 1.11 bits per heavy atom. The summed E-state index contributed by atoms with van der Waals surface area (Å²) in [5.41, 5.74) is 7.99. The molecule has 0 saturated carbocycles. The standard InChI is InChI=1S/C15H11BrClNO/c16-10-6-4-9(5-7-10)15(18)14-8-11-12(17)2-1-3-13(11)19-14/h1-8,15H,18H2. The molecule has 3 rings (SSSR count). The van der Waals surface area contributed by atoms with Crippen LogP contribution in [0.5, 0.6) is 0 Å². The highest BCUT2D eigenvalue weighted by Crippen LogP contribution is 2.31. The fraction of sp³-hybridized carbons (Fsp3) is 0.0667. The molecule has 2 N–H and O–H groups in total. The first-order valence-electron chi connectivity index (χ1n) is 5.84. The minimum absolute atomic E-state index is 0.295. The molecular weight excluding hydrogens is 326 g/mol. The topological polar surface area (TPSA) is 39.2 Å². The van der Waals surface area contributed by atoms with Crippen LogP contribution in [0.1, 0.15) is 17.4 Å². The van der Waals surface area contributed by atoms with E-state index in [4.69, 9.17) is 21.8 Å². The van der Waals surface area contributed by atoms with Gasteiger partial charge in [0.15, 0.2) is 0 Å². The molecule has 0 radical (unpaired) electrons. The third kappa shape index (κ3) is 2.41. The van der Waals surface area contributed by atoms with Crippen LogP contribution in [0.2, 0.25) is 5.02 Å². The number of rotatable bonds is 2. The molecule has 0 aliphatic carbocycles. The number of furan rings is 1. The van der Waals surface area contributed by atoms with Gasteiger partial charge in [0.05, 0.1) is 11.1 Å². The highest BCUT2D eigenvalue weighted by molar-refractivity contribution is 9.10. The van der Waals surface area contributed by atoms with Crippen LogP contribution in [0, 0.1) is 0 Å². The second-order valence-corrected chi connectivity index (χ2v) is 5.65. The van der Waals surface area contributed by atoms with Gasteiger partial charge in [-0.2, -0.15) is 0 Å². The van der Waals surface area contributed by atoms with E-state index in [0.717, 1.165) is 21.0 Å². The van der Waals surface area contributed by atoms with Gasteiger partial charge in [0.1, 0.15) is 11.3 Å². The summed E-state index contributed by atoms with van der Waals surface area (Å²) in [6, 6.07) is 15.1. The summed E-state index contributed by atoms with van der Waals surface area (Å²) >= 11 is 9.54. The van der Waals surface area contributed by atoms with Crippen molar-refractivity contribution in [3.8, 4) is 0 Å². The van der Waals surface area contributed by atoms with Crippen molar-refractivity contribution in [1.29, 1.82) is 0 Å². The average molecular weight is 337 g/mol. The van der Waals surface area contributed by atoms with Crippen LogP contribution >= 0.6 is 27.5 Å². The number of benzene rings is 2. The molecule has 0 saturated heterocycles. The Morgan fingerprint density at radius 3 is 2.53 bits per heavy atom. The molecule has 19 heavy (non-hydrogen) atoms. The van der Waals surface area contributed by atoms with E-state index in [1.807, 2.05) is 48.5 Å². The Balaban J connectivity index is 2.04. The Kier molecular flexibility index (Phi) is 3.35. The molecule has 2 nitrogen and oxygen atoms in total. The summed E-state index contributed by atoms with van der Waals surface area (Å²) in [6.45, 7) is 0. The minimum Gasteiger partial charge on any atom is -0.459 e. The van der Waals surface area contributed by atoms with Gasteiger partial charge in [0.2, 0.25) is 0 Å². The van der Waals surface area contributed by atoms with Gasteiger partial charge < -0.3 is 10.2 Å². The van der Waals surface area contributed by atoms with E-state index in [1.165, 1.54) is 0 Å². The van der Waals surface area contributed by atoms with Crippen LogP contribution in [0.25, 0.3) is 11.0 Å². The zero-order valence-corrected chi connectivity index (χ0v) is 12.3. The lowest BCUT2D eigenvalue weighted by Crippen LogP contribution is -2.10. The molecule has 1 atom stereocenters. The van der Waals surface area contributed by atoms with Crippen LogP contribution in [0.3, 0.4) is 0 Å². The number of hydrogen-bond acceptors (Lipinski definition) is 2. The van der Waals surface area contributed by atoms with Gasteiger partial charge in [-0.25, -0.2) is 0 Å². The number of hydrogen-bond donors (Lipinski definition) is 1. The molecule has 0 fully saturated rings. The van der Waals surface area contributed by atoms with Crippen molar-refractivity contribution < 1.29 is 4.42 Å². The molecular formula is C15H11BrClNO. The summed E-state index contributed by atoms with van der Waals surface area (Å²) < 4.78 is 6.80. The van der Waals surface area contributed by atoms with Gasteiger partial charge in [0, 0.05) is 9.86 Å². The normalized spacial score (nSPS) is 12.8. The molecule has 0 amide bonds. The number of halogens is 2. The summed E-state index contributed by atoms with van der Waals surface area (Å²) in [5.74, 6) is 0.713. The van der Waals surface area contributed by atoms with Crippen LogP contribution in [0.4, 0.5) is 0 Å². The molecule has 1 heterocycles. The van der Waals surface area contributed by atoms with Gasteiger partial charge in [-0.15, -0.1) is 0 Å². The first-order chi connectivity index (χ1) is 9.15. The van der Waals surface area contributed by atoms with Crippen molar-refractivity contribution in [2.75, 3.05) is 0 Å². The number of nitrogens with two attached hydrogens (primary N) is 1. The van der Waals surface area contributed by atoms with Crippen molar-refractivity contribution in [2.45, 2.75) is 6.04 Å². The van der Waals surface area contributed by atoms with E-state index in [-0.39, 0.29) is 6.04 Å². The summed E-state index contributed by atoms with van der Waals surface area (Å²) in [7, 11) is 0. The smallest absolute Gasteiger partial charge is 0.135 e. The lowest BCUT2D eigenvalue weighted by molar-refractivity contribution is 0.525. The zero-order valence-electron chi connectivity index (χ0n) is 9.94. The van der Waals surface area contributed by atoms with E-state index in [0.29, 0.717) is 10.8 Å². The van der Waals surface area contributed by atoms with Crippen LogP contribution in [-0.4, -0.2) is 0 Å². The van der Waals surface area contributed by atoms with Gasteiger partial charge in [0.25, 0.3) is 0 Å². The Hall–Kier alpha value is -1.29. The second kappa shape index (κ2) is 5.00. The highest BCUT2D eigenvalue weighted by Gasteiger charge is 2.15. The summed E-state index contributed by atoms with van der Waals surface area (Å²) in [4.78, 5) is 0. The fourth-order valence-corrected chi connectivity index (χ4v) is 2.52. The maximum Gasteiger partial charge on any atom is 0.135 e. The lowest BCUT2D eigenvalue weighted by Gasteiger charge is -2.08. The summed E-state index contributed by atoms with van der Waals surface area (Å²) in [6.07, 6.45) is 0. The first kappa shape index (κ1) is 12.7. The minimum atomic E-state index is -0.295. The van der Waals surface area contributed by atoms with Crippen molar-refractivity contribution >= 4 is 38.5 Å². The SMILES string of the molecule is NC(c1ccc(Br)cc1)c1cc2c(Cl)cccc2o1. The molecule has 1 unspecified atom stereocenters. The fourth-order valence-electron chi connectivity index (χ4n) is 2.03. The highest BCUT2D eigenvalue weighted by atomic mass is 79.9. The van der Waals surface area contributed by atoms with Gasteiger partial charge in [-0.3, -0.25) is 0 Å². The predicted octanol–water partition coefficient (Wildman–Crippen LogP) is 4.90. The molecule has 2 aromatic carbocycles. The van der Waals surface area contributed by atoms with Gasteiger partial charge in [-0.05, 0) is 35.9 Å². The van der Waals surface area contributed by atoms with Crippen LogP contribution in [0.15, 0.2) is 57.4 Å². The second-order valence-electron chi connectivity index (χ2n) is 4.33. The Bertz CT molecular complexity index is 721. The Labute approximate surface area is 124 Å². The average Bonchev–Trinajstić information content (AvgIpc) is 2.84. The molecule has 3 aromatic rings. The van der Waals surface area contributed by atoms with Crippen molar-refractivity contribution in [2.24, 2.45) is 5.73 Å². The first-order valence-corrected chi connectivity index (χ1v) is 7.01. The lowest BCUT2D eigenvalue weighted by atomic mass is 10.1.